The highest BCUT2D eigenvalue weighted by atomic mass is 16.4. The average molecular weight is 355 g/mol. The lowest BCUT2D eigenvalue weighted by atomic mass is 9.94. The molecule has 0 aliphatic heterocycles. The first-order valence-corrected chi connectivity index (χ1v) is 8.28. The van der Waals surface area contributed by atoms with Gasteiger partial charge in [-0.25, -0.2) is 4.79 Å². The molecule has 1 amide bonds. The van der Waals surface area contributed by atoms with Crippen molar-refractivity contribution in [2.75, 3.05) is 0 Å². The highest BCUT2D eigenvalue weighted by Gasteiger charge is 2.25. The van der Waals surface area contributed by atoms with E-state index in [9.17, 15) is 19.5 Å². The van der Waals surface area contributed by atoms with Crippen LogP contribution in [-0.4, -0.2) is 28.1 Å². The van der Waals surface area contributed by atoms with Crippen molar-refractivity contribution in [3.8, 4) is 0 Å². The summed E-state index contributed by atoms with van der Waals surface area (Å²) in [7, 11) is 0. The van der Waals surface area contributed by atoms with Crippen LogP contribution in [0.25, 0.3) is 0 Å². The van der Waals surface area contributed by atoms with Gasteiger partial charge in [0.15, 0.2) is 6.04 Å². The second-order valence-corrected chi connectivity index (χ2v) is 6.06. The predicted molar refractivity (Wildman–Crippen MR) is 96.0 cm³/mol. The first kappa shape index (κ1) is 19.2. The van der Waals surface area contributed by atoms with Gasteiger partial charge in [-0.3, -0.25) is 9.59 Å². The summed E-state index contributed by atoms with van der Waals surface area (Å²) in [5.41, 5.74) is 2.51. The monoisotopic (exact) mass is 355 g/mol. The fourth-order valence-corrected chi connectivity index (χ4v) is 2.74. The normalized spacial score (nSPS) is 11.6. The van der Waals surface area contributed by atoms with Gasteiger partial charge in [-0.1, -0.05) is 42.0 Å². The third-order valence-electron chi connectivity index (χ3n) is 4.00. The Hall–Kier alpha value is -3.15. The van der Waals surface area contributed by atoms with E-state index in [1.54, 1.807) is 42.5 Å². The molecule has 136 valence electrons. The van der Waals surface area contributed by atoms with Gasteiger partial charge >= 0.3 is 11.9 Å². The Morgan fingerprint density at radius 1 is 1.04 bits per heavy atom. The third kappa shape index (κ3) is 5.17. The summed E-state index contributed by atoms with van der Waals surface area (Å²) < 4.78 is 0. The molecule has 0 bridgehead atoms. The number of carboxylic acid groups (broad SMARTS) is 2. The molecule has 0 aromatic heterocycles. The lowest BCUT2D eigenvalue weighted by Gasteiger charge is -2.19. The third-order valence-corrected chi connectivity index (χ3v) is 4.00. The zero-order valence-electron chi connectivity index (χ0n) is 14.4. The molecule has 0 saturated heterocycles. The Morgan fingerprint density at radius 3 is 2.35 bits per heavy atom. The van der Waals surface area contributed by atoms with Gasteiger partial charge in [0.2, 0.25) is 0 Å². The number of nitrogens with one attached hydrogen (secondary N) is 1. The molecular weight excluding hydrogens is 334 g/mol. The van der Waals surface area contributed by atoms with Gasteiger partial charge < -0.3 is 15.5 Å². The van der Waals surface area contributed by atoms with Crippen molar-refractivity contribution in [3.05, 3.63) is 70.8 Å². The molecule has 0 fully saturated rings. The Bertz CT molecular complexity index is 801. The minimum Gasteiger partial charge on any atom is -0.481 e. The summed E-state index contributed by atoms with van der Waals surface area (Å²) in [5, 5.41) is 21.0. The molecule has 2 rings (SSSR count). The molecule has 0 heterocycles. The molecule has 2 aromatic carbocycles. The summed E-state index contributed by atoms with van der Waals surface area (Å²) in [6.07, 6.45) is 0.820. The second kappa shape index (κ2) is 8.80. The number of carboxylic acids is 2. The van der Waals surface area contributed by atoms with Crippen molar-refractivity contribution in [2.45, 2.75) is 32.2 Å². The molecule has 1 unspecified atom stereocenters. The highest BCUT2D eigenvalue weighted by molar-refractivity contribution is 5.96. The van der Waals surface area contributed by atoms with E-state index in [0.29, 0.717) is 24.0 Å². The van der Waals surface area contributed by atoms with Crippen LogP contribution in [0, 0.1) is 6.92 Å². The Morgan fingerprint density at radius 2 is 1.73 bits per heavy atom. The van der Waals surface area contributed by atoms with E-state index in [0.717, 1.165) is 11.1 Å². The van der Waals surface area contributed by atoms with Gasteiger partial charge in [-0.2, -0.15) is 0 Å². The van der Waals surface area contributed by atoms with Gasteiger partial charge in [0.05, 0.1) is 0 Å². The molecule has 1 atom stereocenters. The van der Waals surface area contributed by atoms with Crippen LogP contribution in [0.4, 0.5) is 0 Å². The Labute approximate surface area is 151 Å². The summed E-state index contributed by atoms with van der Waals surface area (Å²) in [5.74, 6) is -2.54. The summed E-state index contributed by atoms with van der Waals surface area (Å²) >= 11 is 0. The topological polar surface area (TPSA) is 104 Å². The van der Waals surface area contributed by atoms with Gasteiger partial charge in [-0.15, -0.1) is 0 Å². The molecule has 0 radical (unpaired) electrons. The minimum absolute atomic E-state index is 0.00148. The van der Waals surface area contributed by atoms with Crippen molar-refractivity contribution in [1.82, 2.24) is 5.32 Å². The number of amides is 1. The quantitative estimate of drug-likeness (QED) is 0.675. The maximum Gasteiger partial charge on any atom is 0.330 e. The van der Waals surface area contributed by atoms with Gasteiger partial charge in [0.25, 0.3) is 5.91 Å². The van der Waals surface area contributed by atoms with Crippen LogP contribution in [0.15, 0.2) is 48.5 Å². The van der Waals surface area contributed by atoms with Crippen molar-refractivity contribution in [3.63, 3.8) is 0 Å². The number of rotatable bonds is 8. The van der Waals surface area contributed by atoms with Crippen LogP contribution in [-0.2, 0) is 16.0 Å². The van der Waals surface area contributed by atoms with Crippen LogP contribution >= 0.6 is 0 Å². The zero-order chi connectivity index (χ0) is 19.1. The lowest BCUT2D eigenvalue weighted by molar-refractivity contribution is -0.139. The first-order valence-electron chi connectivity index (χ1n) is 8.28. The maximum absolute atomic E-state index is 12.4. The fraction of sp³-hybridized carbons (Fsp3) is 0.250. The first-order chi connectivity index (χ1) is 12.4. The number of hydrogen-bond donors (Lipinski definition) is 3. The van der Waals surface area contributed by atoms with Gasteiger partial charge in [-0.05, 0) is 43.0 Å². The highest BCUT2D eigenvalue weighted by Crippen LogP contribution is 2.23. The predicted octanol–water partition coefficient (Wildman–Crippen LogP) is 2.96. The SMILES string of the molecule is Cc1ccc(C(NC(=O)c2ccccc2)C(=O)O)c(CCCC(=O)O)c1. The van der Waals surface area contributed by atoms with E-state index in [1.165, 1.54) is 0 Å². The number of carbonyl (C=O) groups is 3. The number of aryl methyl sites for hydroxylation is 2. The maximum atomic E-state index is 12.4. The fourth-order valence-electron chi connectivity index (χ4n) is 2.74. The molecule has 6 nitrogen and oxygen atoms in total. The zero-order valence-corrected chi connectivity index (χ0v) is 14.4. The van der Waals surface area contributed by atoms with Gasteiger partial charge in [0, 0.05) is 12.0 Å². The second-order valence-electron chi connectivity index (χ2n) is 6.06. The summed E-state index contributed by atoms with van der Waals surface area (Å²) in [6, 6.07) is 12.5. The minimum atomic E-state index is -1.21. The number of benzene rings is 2. The number of aliphatic carboxylic acids is 2. The van der Waals surface area contributed by atoms with Crippen LogP contribution in [0.1, 0.15) is 45.9 Å². The van der Waals surface area contributed by atoms with E-state index in [4.69, 9.17) is 5.11 Å². The summed E-state index contributed by atoms with van der Waals surface area (Å²) in [6.45, 7) is 1.88. The molecule has 0 aliphatic carbocycles. The van der Waals surface area contributed by atoms with Crippen LogP contribution in [0.3, 0.4) is 0 Å². The van der Waals surface area contributed by atoms with Crippen molar-refractivity contribution >= 4 is 17.8 Å². The standard InChI is InChI=1S/C20H21NO5/c1-13-10-11-16(15(12-13)8-5-9-17(22)23)18(20(25)26)21-19(24)14-6-3-2-4-7-14/h2-4,6-7,10-12,18H,5,8-9H2,1H3,(H,21,24)(H,22,23)(H,25,26). The van der Waals surface area contributed by atoms with E-state index in [-0.39, 0.29) is 6.42 Å². The molecule has 2 aromatic rings. The summed E-state index contributed by atoms with van der Waals surface area (Å²) in [4.78, 5) is 34.9. The van der Waals surface area contributed by atoms with Crippen molar-refractivity contribution in [1.29, 1.82) is 0 Å². The average Bonchev–Trinajstić information content (AvgIpc) is 2.60. The molecule has 0 saturated carbocycles. The molecule has 6 heteroatoms. The molecule has 3 N–H and O–H groups in total. The lowest BCUT2D eigenvalue weighted by Crippen LogP contribution is -2.34. The van der Waals surface area contributed by atoms with E-state index >= 15 is 0 Å². The van der Waals surface area contributed by atoms with Crippen LogP contribution < -0.4 is 5.32 Å². The Balaban J connectivity index is 2.27. The van der Waals surface area contributed by atoms with Crippen molar-refractivity contribution in [2.24, 2.45) is 0 Å². The van der Waals surface area contributed by atoms with Crippen LogP contribution in [0.5, 0.6) is 0 Å². The van der Waals surface area contributed by atoms with E-state index in [2.05, 4.69) is 5.32 Å². The molecule has 26 heavy (non-hydrogen) atoms. The number of hydrogen-bond acceptors (Lipinski definition) is 3. The molecule has 0 aliphatic rings. The van der Waals surface area contributed by atoms with Crippen LogP contribution in [0.2, 0.25) is 0 Å². The van der Waals surface area contributed by atoms with E-state index < -0.39 is 23.9 Å². The Kier molecular flexibility index (Phi) is 6.49. The molecular formula is C20H21NO5. The largest absolute Gasteiger partial charge is 0.481 e. The van der Waals surface area contributed by atoms with E-state index in [1.807, 2.05) is 13.0 Å². The molecule has 0 spiro atoms. The smallest absolute Gasteiger partial charge is 0.330 e. The van der Waals surface area contributed by atoms with Gasteiger partial charge in [0.1, 0.15) is 0 Å². The number of carbonyl (C=O) groups excluding carboxylic acids is 1. The van der Waals surface area contributed by atoms with Crippen molar-refractivity contribution < 1.29 is 24.6 Å².